The van der Waals surface area contributed by atoms with Crippen LogP contribution in [0, 0.1) is 0 Å². The molecule has 0 spiro atoms. The molecule has 6 heteroatoms. The maximum atomic E-state index is 12.9. The van der Waals surface area contributed by atoms with Crippen molar-refractivity contribution in [3.63, 3.8) is 0 Å². The predicted octanol–water partition coefficient (Wildman–Crippen LogP) is 3.61. The highest BCUT2D eigenvalue weighted by Gasteiger charge is 2.49. The number of aliphatic imine (C=N–C) groups is 1. The van der Waals surface area contributed by atoms with Crippen LogP contribution in [0.2, 0.25) is 0 Å². The van der Waals surface area contributed by atoms with Gasteiger partial charge in [-0.2, -0.15) is 0 Å². The Morgan fingerprint density at radius 3 is 2.33 bits per heavy atom. The van der Waals surface area contributed by atoms with Crippen LogP contribution < -0.4 is 0 Å². The Balaban J connectivity index is 2.57. The number of rotatable bonds is 8. The number of fused-ring (bicyclic) bond motifs is 1. The lowest BCUT2D eigenvalue weighted by Gasteiger charge is -2.25. The van der Waals surface area contributed by atoms with E-state index >= 15 is 0 Å². The summed E-state index contributed by atoms with van der Waals surface area (Å²) in [5, 5.41) is 0.924. The minimum Gasteiger partial charge on any atom is -0.464 e. The summed E-state index contributed by atoms with van der Waals surface area (Å²) >= 11 is 0. The normalized spacial score (nSPS) is 11.6. The molecule has 1 heterocycles. The van der Waals surface area contributed by atoms with Crippen LogP contribution in [0.4, 0.5) is 0 Å². The zero-order valence-corrected chi connectivity index (χ0v) is 16.2. The number of hydrogen-bond acceptors (Lipinski definition) is 5. The molecule has 0 aliphatic heterocycles. The van der Waals surface area contributed by atoms with Crippen LogP contribution in [0.3, 0.4) is 0 Å². The molecule has 2 rings (SSSR count). The fourth-order valence-corrected chi connectivity index (χ4v) is 2.75. The second kappa shape index (κ2) is 9.16. The van der Waals surface area contributed by atoms with Gasteiger partial charge >= 0.3 is 11.9 Å². The number of aromatic amines is 1. The molecule has 1 aromatic heterocycles. The van der Waals surface area contributed by atoms with E-state index < -0.39 is 17.5 Å². The van der Waals surface area contributed by atoms with Crippen LogP contribution in [0.5, 0.6) is 0 Å². The first-order valence-corrected chi connectivity index (χ1v) is 9.02. The number of benzene rings is 1. The van der Waals surface area contributed by atoms with E-state index in [1.165, 1.54) is 6.21 Å². The Morgan fingerprint density at radius 2 is 1.74 bits per heavy atom. The summed E-state index contributed by atoms with van der Waals surface area (Å²) in [7, 11) is 0. The molecule has 1 N–H and O–H groups in total. The summed E-state index contributed by atoms with van der Waals surface area (Å²) in [5.41, 5.74) is 0.916. The van der Waals surface area contributed by atoms with Gasteiger partial charge in [0.25, 0.3) is 5.54 Å². The lowest BCUT2D eigenvalue weighted by Crippen LogP contribution is -2.49. The molecule has 0 bridgehead atoms. The van der Waals surface area contributed by atoms with Crippen LogP contribution in [-0.4, -0.2) is 41.9 Å². The van der Waals surface area contributed by atoms with Crippen molar-refractivity contribution in [2.45, 2.75) is 39.7 Å². The summed E-state index contributed by atoms with van der Waals surface area (Å²) in [6, 6.07) is 7.69. The molecule has 0 aliphatic rings. The number of H-pyrrole nitrogens is 1. The molecule has 0 unspecified atom stereocenters. The first-order valence-electron chi connectivity index (χ1n) is 9.02. The Hall–Kier alpha value is -2.89. The van der Waals surface area contributed by atoms with Gasteiger partial charge in [0.1, 0.15) is 0 Å². The van der Waals surface area contributed by atoms with Crippen molar-refractivity contribution in [2.24, 2.45) is 4.99 Å². The summed E-state index contributed by atoms with van der Waals surface area (Å²) < 4.78 is 10.4. The van der Waals surface area contributed by atoms with E-state index in [0.29, 0.717) is 0 Å². The summed E-state index contributed by atoms with van der Waals surface area (Å²) in [4.78, 5) is 33.2. The van der Waals surface area contributed by atoms with Gasteiger partial charge in [0.05, 0.1) is 13.2 Å². The second-order valence-corrected chi connectivity index (χ2v) is 6.36. The van der Waals surface area contributed by atoms with Crippen molar-refractivity contribution in [3.05, 3.63) is 47.7 Å². The van der Waals surface area contributed by atoms with E-state index in [1.54, 1.807) is 26.1 Å². The molecular formula is C21H26N2O4. The average Bonchev–Trinajstić information content (AvgIpc) is 3.03. The topological polar surface area (TPSA) is 80.8 Å². The number of aromatic nitrogens is 1. The lowest BCUT2D eigenvalue weighted by atomic mass is 9.91. The zero-order valence-electron chi connectivity index (χ0n) is 16.2. The van der Waals surface area contributed by atoms with E-state index in [2.05, 4.69) is 9.98 Å². The Kier molecular flexibility index (Phi) is 6.93. The highest BCUT2D eigenvalue weighted by Crippen LogP contribution is 2.27. The quantitative estimate of drug-likeness (QED) is 0.437. The van der Waals surface area contributed by atoms with E-state index in [-0.39, 0.29) is 19.6 Å². The fourth-order valence-electron chi connectivity index (χ4n) is 2.75. The van der Waals surface area contributed by atoms with Gasteiger partial charge in [-0.1, -0.05) is 23.8 Å². The lowest BCUT2D eigenvalue weighted by molar-refractivity contribution is -0.163. The number of nitrogens with zero attached hydrogens (tertiary/aromatic N) is 1. The molecule has 27 heavy (non-hydrogen) atoms. The van der Waals surface area contributed by atoms with Gasteiger partial charge in [-0.25, -0.2) is 9.59 Å². The van der Waals surface area contributed by atoms with Crippen molar-refractivity contribution in [1.29, 1.82) is 0 Å². The number of hydrogen-bond donors (Lipinski definition) is 1. The van der Waals surface area contributed by atoms with Gasteiger partial charge in [-0.05, 0) is 45.4 Å². The summed E-state index contributed by atoms with van der Waals surface area (Å²) in [6.45, 7) is 7.49. The fraction of sp³-hybridized carbons (Fsp3) is 0.381. The molecule has 0 saturated heterocycles. The second-order valence-electron chi connectivity index (χ2n) is 6.36. The highest BCUT2D eigenvalue weighted by molar-refractivity contribution is 6.07. The highest BCUT2D eigenvalue weighted by atomic mass is 16.6. The average molecular weight is 370 g/mol. The van der Waals surface area contributed by atoms with Crippen LogP contribution in [0.15, 0.2) is 47.1 Å². The Labute approximate surface area is 159 Å². The molecule has 0 radical (unpaired) electrons. The molecule has 144 valence electrons. The number of esters is 2. The minimum absolute atomic E-state index is 0.0434. The van der Waals surface area contributed by atoms with Crippen molar-refractivity contribution in [3.8, 4) is 0 Å². The monoisotopic (exact) mass is 370 g/mol. The third-order valence-electron chi connectivity index (χ3n) is 4.05. The minimum atomic E-state index is -1.79. The number of para-hydroxylation sites is 1. The summed E-state index contributed by atoms with van der Waals surface area (Å²) in [6.07, 6.45) is 5.04. The van der Waals surface area contributed by atoms with Crippen molar-refractivity contribution < 1.29 is 19.1 Å². The molecule has 0 atom stereocenters. The Bertz CT molecular complexity index is 842. The van der Waals surface area contributed by atoms with Crippen LogP contribution >= 0.6 is 0 Å². The Morgan fingerprint density at radius 1 is 1.11 bits per heavy atom. The first-order chi connectivity index (χ1) is 12.9. The van der Waals surface area contributed by atoms with Gasteiger partial charge in [-0.3, -0.25) is 4.99 Å². The van der Waals surface area contributed by atoms with Gasteiger partial charge in [0.15, 0.2) is 0 Å². The standard InChI is InChI=1S/C21H26N2O4/c1-5-26-19(24)21(20(25)27-6-2,23-12-11-15(3)4)13-16-14-22-18-10-8-7-9-17(16)18/h7-12,14,22H,5-6,13H2,1-4H3. The van der Waals surface area contributed by atoms with Crippen LogP contribution in [0.25, 0.3) is 10.9 Å². The number of carbonyl (C=O) groups is 2. The molecular weight excluding hydrogens is 344 g/mol. The molecule has 0 amide bonds. The largest absolute Gasteiger partial charge is 0.464 e. The zero-order chi connectivity index (χ0) is 19.9. The summed E-state index contributed by atoms with van der Waals surface area (Å²) in [5.74, 6) is -1.43. The third kappa shape index (κ3) is 4.64. The van der Waals surface area contributed by atoms with Crippen molar-refractivity contribution >= 4 is 29.1 Å². The maximum Gasteiger partial charge on any atom is 0.346 e. The molecule has 0 aliphatic carbocycles. The molecule has 2 aromatic rings. The maximum absolute atomic E-state index is 12.9. The number of carbonyl (C=O) groups excluding carboxylic acids is 2. The van der Waals surface area contributed by atoms with E-state index in [4.69, 9.17) is 9.47 Å². The van der Waals surface area contributed by atoms with Crippen molar-refractivity contribution in [2.75, 3.05) is 13.2 Å². The van der Waals surface area contributed by atoms with Gasteiger partial charge in [-0.15, -0.1) is 0 Å². The van der Waals surface area contributed by atoms with Gasteiger partial charge < -0.3 is 14.5 Å². The predicted molar refractivity (Wildman–Crippen MR) is 106 cm³/mol. The van der Waals surface area contributed by atoms with Gasteiger partial charge in [0, 0.05) is 29.7 Å². The first kappa shape index (κ1) is 20.4. The number of allylic oxidation sites excluding steroid dienone is 2. The number of ether oxygens (including phenoxy) is 2. The SMILES string of the molecule is CCOC(=O)C(Cc1c[nH]c2ccccc12)(N=CC=C(C)C)C(=O)OCC. The van der Waals surface area contributed by atoms with Gasteiger partial charge in [0.2, 0.25) is 0 Å². The smallest absolute Gasteiger partial charge is 0.346 e. The van der Waals surface area contributed by atoms with Crippen LogP contribution in [-0.2, 0) is 25.5 Å². The van der Waals surface area contributed by atoms with Crippen molar-refractivity contribution in [1.82, 2.24) is 4.98 Å². The number of nitrogens with one attached hydrogen (secondary N) is 1. The molecule has 1 aromatic carbocycles. The van der Waals surface area contributed by atoms with Crippen LogP contribution in [0.1, 0.15) is 33.3 Å². The van der Waals surface area contributed by atoms with E-state index in [9.17, 15) is 9.59 Å². The molecule has 6 nitrogen and oxygen atoms in total. The van der Waals surface area contributed by atoms with E-state index in [1.807, 2.05) is 38.1 Å². The van der Waals surface area contributed by atoms with E-state index in [0.717, 1.165) is 22.0 Å². The molecule has 0 saturated carbocycles. The molecule has 0 fully saturated rings. The third-order valence-corrected chi connectivity index (χ3v) is 4.05.